The summed E-state index contributed by atoms with van der Waals surface area (Å²) in [7, 11) is 1.66. The molecule has 0 heterocycles. The van der Waals surface area contributed by atoms with Gasteiger partial charge in [-0.15, -0.1) is 0 Å². The van der Waals surface area contributed by atoms with E-state index in [-0.39, 0.29) is 6.10 Å². The van der Waals surface area contributed by atoms with Crippen LogP contribution in [0, 0.1) is 0 Å². The van der Waals surface area contributed by atoms with Crippen LogP contribution in [-0.2, 0) is 4.74 Å². The third-order valence-electron chi connectivity index (χ3n) is 1.58. The molecule has 1 saturated carbocycles. The molecule has 11 heavy (non-hydrogen) atoms. The number of hydrogen-bond donors (Lipinski definition) is 2. The molecule has 1 rings (SSSR count). The Balaban J connectivity index is 2.20. The maximum atomic E-state index is 10.2. The van der Waals surface area contributed by atoms with Gasteiger partial charge in [-0.05, 0) is 0 Å². The van der Waals surface area contributed by atoms with Crippen LogP contribution < -0.4 is 11.2 Å². The quantitative estimate of drug-likeness (QED) is 0.545. The van der Waals surface area contributed by atoms with E-state index < -0.39 is 6.03 Å². The van der Waals surface area contributed by atoms with Gasteiger partial charge in [0.15, 0.2) is 0 Å². The summed E-state index contributed by atoms with van der Waals surface area (Å²) in [4.78, 5) is 10.2. The molecular formula is C6H11N3O2. The average Bonchev–Trinajstić information content (AvgIpc) is 1.84. The maximum absolute atomic E-state index is 10.2. The second kappa shape index (κ2) is 3.34. The fourth-order valence-electron chi connectivity index (χ4n) is 0.858. The number of nitrogens with zero attached hydrogens (tertiary/aromatic N) is 1. The zero-order valence-electron chi connectivity index (χ0n) is 6.33. The molecular weight excluding hydrogens is 146 g/mol. The van der Waals surface area contributed by atoms with Gasteiger partial charge in [-0.1, -0.05) is 0 Å². The molecule has 0 saturated heterocycles. The van der Waals surface area contributed by atoms with Crippen molar-refractivity contribution in [2.24, 2.45) is 10.8 Å². The number of carbonyl (C=O) groups is 1. The minimum atomic E-state index is -0.627. The first kappa shape index (κ1) is 8.00. The normalized spacial score (nSPS) is 22.3. The van der Waals surface area contributed by atoms with Gasteiger partial charge in [-0.2, -0.15) is 5.10 Å². The standard InChI is InChI=1S/C6H11N3O2/c1-11-5-2-4(3-5)8-9-6(7)10/h5H,2-3H2,1H3,(H3,7,9,10). The fourth-order valence-corrected chi connectivity index (χ4v) is 0.858. The molecule has 0 radical (unpaired) electrons. The molecule has 0 spiro atoms. The van der Waals surface area contributed by atoms with Crippen LogP contribution in [0.15, 0.2) is 5.10 Å². The Morgan fingerprint density at radius 3 is 2.91 bits per heavy atom. The van der Waals surface area contributed by atoms with E-state index in [1.54, 1.807) is 7.11 Å². The molecule has 0 aromatic carbocycles. The summed E-state index contributed by atoms with van der Waals surface area (Å²) in [5.74, 6) is 0. The number of hydrazone groups is 1. The van der Waals surface area contributed by atoms with Gasteiger partial charge < -0.3 is 10.5 Å². The Hall–Kier alpha value is -1.10. The number of methoxy groups -OCH3 is 1. The predicted molar refractivity (Wildman–Crippen MR) is 40.2 cm³/mol. The number of rotatable bonds is 2. The number of nitrogens with one attached hydrogen (secondary N) is 1. The van der Waals surface area contributed by atoms with Gasteiger partial charge in [0.05, 0.1) is 6.10 Å². The Morgan fingerprint density at radius 2 is 2.45 bits per heavy atom. The van der Waals surface area contributed by atoms with Crippen LogP contribution in [0.5, 0.6) is 0 Å². The molecule has 3 N–H and O–H groups in total. The number of nitrogens with two attached hydrogens (primary N) is 1. The van der Waals surface area contributed by atoms with E-state index in [0.717, 1.165) is 18.6 Å². The third-order valence-corrected chi connectivity index (χ3v) is 1.58. The van der Waals surface area contributed by atoms with Crippen molar-refractivity contribution in [3.8, 4) is 0 Å². The van der Waals surface area contributed by atoms with Crippen molar-refractivity contribution in [2.45, 2.75) is 18.9 Å². The SMILES string of the molecule is COC1CC(=NNC(N)=O)C1. The number of amides is 2. The van der Waals surface area contributed by atoms with E-state index in [2.05, 4.69) is 10.5 Å². The van der Waals surface area contributed by atoms with Crippen LogP contribution in [0.1, 0.15) is 12.8 Å². The molecule has 0 aromatic heterocycles. The average molecular weight is 157 g/mol. The molecule has 0 atom stereocenters. The van der Waals surface area contributed by atoms with Crippen molar-refractivity contribution in [1.29, 1.82) is 0 Å². The van der Waals surface area contributed by atoms with E-state index in [1.165, 1.54) is 0 Å². The van der Waals surface area contributed by atoms with Gasteiger partial charge in [0, 0.05) is 25.7 Å². The summed E-state index contributed by atoms with van der Waals surface area (Å²) < 4.78 is 5.00. The number of ether oxygens (including phenoxy) is 1. The summed E-state index contributed by atoms with van der Waals surface area (Å²) in [5, 5.41) is 3.74. The molecule has 2 amide bonds. The molecule has 0 bridgehead atoms. The van der Waals surface area contributed by atoms with Crippen LogP contribution in [0.25, 0.3) is 0 Å². The Labute approximate surface area is 64.6 Å². The highest BCUT2D eigenvalue weighted by molar-refractivity contribution is 5.91. The number of urea groups is 1. The van der Waals surface area contributed by atoms with Gasteiger partial charge in [0.2, 0.25) is 0 Å². The second-order valence-electron chi connectivity index (χ2n) is 2.42. The Bertz CT molecular complexity index is 182. The smallest absolute Gasteiger partial charge is 0.332 e. The highest BCUT2D eigenvalue weighted by Gasteiger charge is 2.24. The molecule has 0 aromatic rings. The lowest BCUT2D eigenvalue weighted by Crippen LogP contribution is -2.34. The van der Waals surface area contributed by atoms with Gasteiger partial charge in [0.25, 0.3) is 0 Å². The summed E-state index contributed by atoms with van der Waals surface area (Å²) in [5.41, 5.74) is 7.89. The number of hydrogen-bond acceptors (Lipinski definition) is 3. The Morgan fingerprint density at radius 1 is 1.82 bits per heavy atom. The van der Waals surface area contributed by atoms with E-state index in [9.17, 15) is 4.79 Å². The lowest BCUT2D eigenvalue weighted by molar-refractivity contribution is 0.0946. The third kappa shape index (κ3) is 2.19. The summed E-state index contributed by atoms with van der Waals surface area (Å²) in [6.07, 6.45) is 1.84. The van der Waals surface area contributed by atoms with E-state index in [1.807, 2.05) is 0 Å². The monoisotopic (exact) mass is 157 g/mol. The highest BCUT2D eigenvalue weighted by atomic mass is 16.5. The van der Waals surface area contributed by atoms with Crippen LogP contribution in [0.3, 0.4) is 0 Å². The molecule has 5 heteroatoms. The maximum Gasteiger partial charge on any atom is 0.332 e. The van der Waals surface area contributed by atoms with Gasteiger partial charge in [0.1, 0.15) is 0 Å². The van der Waals surface area contributed by atoms with Crippen molar-refractivity contribution in [3.63, 3.8) is 0 Å². The second-order valence-corrected chi connectivity index (χ2v) is 2.42. The van der Waals surface area contributed by atoms with Crippen molar-refractivity contribution in [1.82, 2.24) is 5.43 Å². The highest BCUT2D eigenvalue weighted by Crippen LogP contribution is 2.18. The molecule has 62 valence electrons. The molecule has 1 aliphatic rings. The molecule has 1 fully saturated rings. The number of primary amides is 1. The first-order chi connectivity index (χ1) is 5.22. The first-order valence-electron chi connectivity index (χ1n) is 3.36. The zero-order valence-corrected chi connectivity index (χ0v) is 6.33. The zero-order chi connectivity index (χ0) is 8.27. The van der Waals surface area contributed by atoms with Crippen molar-refractivity contribution < 1.29 is 9.53 Å². The lowest BCUT2D eigenvalue weighted by Gasteiger charge is -2.25. The lowest BCUT2D eigenvalue weighted by atomic mass is 9.93. The Kier molecular flexibility index (Phi) is 2.43. The predicted octanol–water partition coefficient (Wildman–Crippen LogP) is -0.180. The van der Waals surface area contributed by atoms with Crippen LogP contribution in [0.4, 0.5) is 4.79 Å². The van der Waals surface area contributed by atoms with Crippen LogP contribution in [0.2, 0.25) is 0 Å². The minimum absolute atomic E-state index is 0.267. The molecule has 0 aliphatic heterocycles. The van der Waals surface area contributed by atoms with Crippen molar-refractivity contribution in [2.75, 3.05) is 7.11 Å². The first-order valence-corrected chi connectivity index (χ1v) is 3.36. The molecule has 1 aliphatic carbocycles. The topological polar surface area (TPSA) is 76.7 Å². The van der Waals surface area contributed by atoms with Gasteiger partial charge in [-0.3, -0.25) is 0 Å². The van der Waals surface area contributed by atoms with Crippen molar-refractivity contribution in [3.05, 3.63) is 0 Å². The summed E-state index contributed by atoms with van der Waals surface area (Å²) in [6, 6.07) is -0.627. The van der Waals surface area contributed by atoms with E-state index in [0.29, 0.717) is 0 Å². The largest absolute Gasteiger partial charge is 0.381 e. The molecule has 5 nitrogen and oxygen atoms in total. The van der Waals surface area contributed by atoms with Crippen molar-refractivity contribution >= 4 is 11.7 Å². The minimum Gasteiger partial charge on any atom is -0.381 e. The summed E-state index contributed by atoms with van der Waals surface area (Å²) >= 11 is 0. The van der Waals surface area contributed by atoms with E-state index >= 15 is 0 Å². The van der Waals surface area contributed by atoms with Crippen LogP contribution >= 0.6 is 0 Å². The summed E-state index contributed by atoms with van der Waals surface area (Å²) in [6.45, 7) is 0. The van der Waals surface area contributed by atoms with Gasteiger partial charge >= 0.3 is 6.03 Å². The van der Waals surface area contributed by atoms with E-state index in [4.69, 9.17) is 10.5 Å². The van der Waals surface area contributed by atoms with Gasteiger partial charge in [-0.25, -0.2) is 10.2 Å². The van der Waals surface area contributed by atoms with Crippen LogP contribution in [-0.4, -0.2) is 25.0 Å². The molecule has 0 unspecified atom stereocenters. The number of carbonyl (C=O) groups excluding carboxylic acids is 1. The fraction of sp³-hybridized carbons (Fsp3) is 0.667.